The van der Waals surface area contributed by atoms with Gasteiger partial charge in [0.25, 0.3) is 0 Å². The molecule has 0 radical (unpaired) electrons. The van der Waals surface area contributed by atoms with Crippen LogP contribution in [0.2, 0.25) is 0 Å². The number of hydrogen-bond acceptors (Lipinski definition) is 2. The largest absolute Gasteiger partial charge is 0.381 e. The van der Waals surface area contributed by atoms with Gasteiger partial charge in [-0.15, -0.1) is 0 Å². The predicted octanol–water partition coefficient (Wildman–Crippen LogP) is 3.50. The first-order valence-corrected chi connectivity index (χ1v) is 7.36. The highest BCUT2D eigenvalue weighted by molar-refractivity contribution is 4.79. The normalized spacial score (nSPS) is 33.2. The number of hydrogen-bond donors (Lipinski definition) is 0. The fourth-order valence-electron chi connectivity index (χ4n) is 3.25. The standard InChI is InChI=1S/C15H28O2/c1-11(2)14-9-15(17-10-14)8-12(3)13-4-6-16-7-5-13/h11-15H,4-10H2,1-3H3/t12-,14?,15?/m1/s1. The molecule has 2 aliphatic rings. The van der Waals surface area contributed by atoms with Gasteiger partial charge in [-0.1, -0.05) is 20.8 Å². The lowest BCUT2D eigenvalue weighted by molar-refractivity contribution is 0.0300. The van der Waals surface area contributed by atoms with E-state index >= 15 is 0 Å². The van der Waals surface area contributed by atoms with Gasteiger partial charge >= 0.3 is 0 Å². The molecule has 2 fully saturated rings. The van der Waals surface area contributed by atoms with Crippen molar-refractivity contribution in [2.45, 2.75) is 52.6 Å². The van der Waals surface area contributed by atoms with Gasteiger partial charge in [-0.2, -0.15) is 0 Å². The summed E-state index contributed by atoms with van der Waals surface area (Å²) in [4.78, 5) is 0. The van der Waals surface area contributed by atoms with Crippen molar-refractivity contribution in [1.29, 1.82) is 0 Å². The van der Waals surface area contributed by atoms with Crippen LogP contribution < -0.4 is 0 Å². The van der Waals surface area contributed by atoms with Gasteiger partial charge in [0.05, 0.1) is 12.7 Å². The molecule has 0 aromatic heterocycles. The van der Waals surface area contributed by atoms with E-state index in [9.17, 15) is 0 Å². The van der Waals surface area contributed by atoms with E-state index in [1.807, 2.05) is 0 Å². The molecule has 0 amide bonds. The highest BCUT2D eigenvalue weighted by atomic mass is 16.5. The van der Waals surface area contributed by atoms with Crippen molar-refractivity contribution in [1.82, 2.24) is 0 Å². The predicted molar refractivity (Wildman–Crippen MR) is 70.0 cm³/mol. The quantitative estimate of drug-likeness (QED) is 0.749. The Labute approximate surface area is 106 Å². The van der Waals surface area contributed by atoms with Crippen molar-refractivity contribution in [3.63, 3.8) is 0 Å². The van der Waals surface area contributed by atoms with Crippen molar-refractivity contribution in [3.05, 3.63) is 0 Å². The maximum atomic E-state index is 5.96. The molecular weight excluding hydrogens is 212 g/mol. The van der Waals surface area contributed by atoms with Crippen molar-refractivity contribution in [2.75, 3.05) is 19.8 Å². The summed E-state index contributed by atoms with van der Waals surface area (Å²) < 4.78 is 11.4. The molecule has 2 aliphatic heterocycles. The number of rotatable bonds is 4. The first-order chi connectivity index (χ1) is 8.16. The third-order valence-electron chi connectivity index (χ3n) is 4.76. The maximum absolute atomic E-state index is 5.96. The van der Waals surface area contributed by atoms with E-state index < -0.39 is 0 Å². The van der Waals surface area contributed by atoms with E-state index in [1.165, 1.54) is 25.7 Å². The highest BCUT2D eigenvalue weighted by Gasteiger charge is 2.30. The van der Waals surface area contributed by atoms with Crippen LogP contribution in [0.1, 0.15) is 46.5 Å². The minimum Gasteiger partial charge on any atom is -0.381 e. The monoisotopic (exact) mass is 240 g/mol. The van der Waals surface area contributed by atoms with E-state index in [1.54, 1.807) is 0 Å². The zero-order valence-electron chi connectivity index (χ0n) is 11.7. The summed E-state index contributed by atoms with van der Waals surface area (Å²) in [5, 5.41) is 0. The zero-order valence-corrected chi connectivity index (χ0v) is 11.7. The molecule has 0 bridgehead atoms. The summed E-state index contributed by atoms with van der Waals surface area (Å²) in [7, 11) is 0. The van der Waals surface area contributed by atoms with Crippen LogP contribution in [0.5, 0.6) is 0 Å². The fourth-order valence-corrected chi connectivity index (χ4v) is 3.25. The molecule has 100 valence electrons. The van der Waals surface area contributed by atoms with E-state index in [-0.39, 0.29) is 0 Å². The molecule has 0 spiro atoms. The van der Waals surface area contributed by atoms with Crippen LogP contribution in [0, 0.1) is 23.7 Å². The average Bonchev–Trinajstić information content (AvgIpc) is 2.79. The molecule has 0 aliphatic carbocycles. The minimum atomic E-state index is 0.528. The first-order valence-electron chi connectivity index (χ1n) is 7.36. The van der Waals surface area contributed by atoms with Crippen LogP contribution in [-0.2, 0) is 9.47 Å². The summed E-state index contributed by atoms with van der Waals surface area (Å²) >= 11 is 0. The third kappa shape index (κ3) is 3.69. The summed E-state index contributed by atoms with van der Waals surface area (Å²) in [6.07, 6.45) is 5.57. The van der Waals surface area contributed by atoms with Crippen molar-refractivity contribution < 1.29 is 9.47 Å². The van der Waals surface area contributed by atoms with Crippen molar-refractivity contribution >= 4 is 0 Å². The Hall–Kier alpha value is -0.0800. The minimum absolute atomic E-state index is 0.528. The van der Waals surface area contributed by atoms with E-state index in [0.717, 1.165) is 43.5 Å². The van der Waals surface area contributed by atoms with E-state index in [0.29, 0.717) is 6.10 Å². The first kappa shape index (κ1) is 13.4. The van der Waals surface area contributed by atoms with Gasteiger partial charge in [0.1, 0.15) is 0 Å². The van der Waals surface area contributed by atoms with Crippen LogP contribution in [0.4, 0.5) is 0 Å². The molecule has 17 heavy (non-hydrogen) atoms. The van der Waals surface area contributed by atoms with Gasteiger partial charge in [-0.3, -0.25) is 0 Å². The van der Waals surface area contributed by atoms with Crippen LogP contribution in [0.3, 0.4) is 0 Å². The van der Waals surface area contributed by atoms with Gasteiger partial charge in [-0.05, 0) is 49.4 Å². The van der Waals surface area contributed by atoms with Crippen molar-refractivity contribution in [3.8, 4) is 0 Å². The van der Waals surface area contributed by atoms with Gasteiger partial charge in [-0.25, -0.2) is 0 Å². The summed E-state index contributed by atoms with van der Waals surface area (Å²) in [5.74, 6) is 3.24. The summed E-state index contributed by atoms with van der Waals surface area (Å²) in [6.45, 7) is 9.96. The Bertz CT molecular complexity index is 221. The van der Waals surface area contributed by atoms with Gasteiger partial charge in [0, 0.05) is 13.2 Å². The van der Waals surface area contributed by atoms with E-state index in [4.69, 9.17) is 9.47 Å². The van der Waals surface area contributed by atoms with Crippen LogP contribution in [0.25, 0.3) is 0 Å². The number of ether oxygens (including phenoxy) is 2. The van der Waals surface area contributed by atoms with E-state index in [2.05, 4.69) is 20.8 Å². The molecule has 0 N–H and O–H groups in total. The molecule has 2 saturated heterocycles. The molecule has 0 aromatic rings. The van der Waals surface area contributed by atoms with Gasteiger partial charge < -0.3 is 9.47 Å². The maximum Gasteiger partial charge on any atom is 0.0581 e. The molecule has 0 saturated carbocycles. The lowest BCUT2D eigenvalue weighted by Gasteiger charge is -2.29. The molecule has 2 heteroatoms. The molecule has 0 aromatic carbocycles. The Morgan fingerprint density at radius 2 is 1.76 bits per heavy atom. The second-order valence-corrected chi connectivity index (χ2v) is 6.36. The Kier molecular flexibility index (Phi) is 4.87. The smallest absolute Gasteiger partial charge is 0.0581 e. The second-order valence-electron chi connectivity index (χ2n) is 6.36. The Morgan fingerprint density at radius 1 is 1.06 bits per heavy atom. The fraction of sp³-hybridized carbons (Fsp3) is 1.00. The van der Waals surface area contributed by atoms with Crippen LogP contribution in [0.15, 0.2) is 0 Å². The average molecular weight is 240 g/mol. The third-order valence-corrected chi connectivity index (χ3v) is 4.76. The topological polar surface area (TPSA) is 18.5 Å². The molecule has 2 unspecified atom stereocenters. The lowest BCUT2D eigenvalue weighted by atomic mass is 9.82. The molecule has 2 rings (SSSR count). The van der Waals surface area contributed by atoms with Gasteiger partial charge in [0.15, 0.2) is 0 Å². The summed E-state index contributed by atoms with van der Waals surface area (Å²) in [6, 6.07) is 0. The van der Waals surface area contributed by atoms with Crippen LogP contribution >= 0.6 is 0 Å². The lowest BCUT2D eigenvalue weighted by Crippen LogP contribution is -2.24. The molecular formula is C15H28O2. The van der Waals surface area contributed by atoms with Crippen LogP contribution in [-0.4, -0.2) is 25.9 Å². The van der Waals surface area contributed by atoms with Crippen molar-refractivity contribution in [2.24, 2.45) is 23.7 Å². The molecule has 3 atom stereocenters. The SMILES string of the molecule is CC(C)C1COC(C[C@@H](C)C2CCOCC2)C1. The second kappa shape index (κ2) is 6.19. The Morgan fingerprint density at radius 3 is 2.35 bits per heavy atom. The zero-order chi connectivity index (χ0) is 12.3. The highest BCUT2D eigenvalue weighted by Crippen LogP contribution is 2.33. The molecule has 2 heterocycles. The Balaban J connectivity index is 1.73. The molecule has 2 nitrogen and oxygen atoms in total. The van der Waals surface area contributed by atoms with Gasteiger partial charge in [0.2, 0.25) is 0 Å². The summed E-state index contributed by atoms with van der Waals surface area (Å²) in [5.41, 5.74) is 0.